The van der Waals surface area contributed by atoms with E-state index in [0.717, 1.165) is 5.56 Å². The van der Waals surface area contributed by atoms with Crippen LogP contribution in [-0.2, 0) is 5.88 Å². The summed E-state index contributed by atoms with van der Waals surface area (Å²) in [6.07, 6.45) is 0. The summed E-state index contributed by atoms with van der Waals surface area (Å²) in [5.41, 5.74) is 2.21. The monoisotopic (exact) mass is 305 g/mol. The summed E-state index contributed by atoms with van der Waals surface area (Å²) in [5.74, 6) is 1.34. The zero-order valence-electron chi connectivity index (χ0n) is 11.9. The van der Waals surface area contributed by atoms with E-state index in [1.54, 1.807) is 25.3 Å². The van der Waals surface area contributed by atoms with Crippen LogP contribution >= 0.6 is 11.6 Å². The lowest BCUT2D eigenvalue weighted by molar-refractivity contribution is 0.102. The molecule has 0 aliphatic heterocycles. The van der Waals surface area contributed by atoms with Crippen molar-refractivity contribution in [3.8, 4) is 11.5 Å². The summed E-state index contributed by atoms with van der Waals surface area (Å²) in [5, 5.41) is 2.82. The van der Waals surface area contributed by atoms with Crippen LogP contribution in [0.15, 0.2) is 42.5 Å². The Bertz CT molecular complexity index is 626. The van der Waals surface area contributed by atoms with E-state index in [-0.39, 0.29) is 5.91 Å². The number of halogens is 1. The van der Waals surface area contributed by atoms with Gasteiger partial charge in [-0.3, -0.25) is 4.79 Å². The Morgan fingerprint density at radius 3 is 2.29 bits per heavy atom. The second-order valence-electron chi connectivity index (χ2n) is 4.35. The molecule has 2 aromatic rings. The molecule has 1 N–H and O–H groups in total. The predicted molar refractivity (Wildman–Crippen MR) is 83.5 cm³/mol. The van der Waals surface area contributed by atoms with Crippen LogP contribution in [0.25, 0.3) is 0 Å². The average Bonchev–Trinajstić information content (AvgIpc) is 2.54. The van der Waals surface area contributed by atoms with Crippen LogP contribution in [-0.4, -0.2) is 20.1 Å². The number of anilines is 1. The van der Waals surface area contributed by atoms with Crippen molar-refractivity contribution in [2.45, 2.75) is 5.88 Å². The first kappa shape index (κ1) is 15.2. The maximum Gasteiger partial charge on any atom is 0.255 e. The molecule has 2 rings (SSSR count). The summed E-state index contributed by atoms with van der Waals surface area (Å²) in [4.78, 5) is 12.2. The van der Waals surface area contributed by atoms with Crippen molar-refractivity contribution in [2.75, 3.05) is 19.5 Å². The number of benzene rings is 2. The maximum atomic E-state index is 12.2. The molecule has 110 valence electrons. The van der Waals surface area contributed by atoms with Gasteiger partial charge in [0.1, 0.15) is 0 Å². The number of carbonyl (C=O) groups is 1. The maximum absolute atomic E-state index is 12.2. The van der Waals surface area contributed by atoms with Gasteiger partial charge in [0.25, 0.3) is 5.91 Å². The van der Waals surface area contributed by atoms with Gasteiger partial charge in [-0.1, -0.05) is 12.1 Å². The molecule has 5 heteroatoms. The number of amides is 1. The molecule has 0 unspecified atom stereocenters. The Kier molecular flexibility index (Phi) is 5.06. The second kappa shape index (κ2) is 6.99. The second-order valence-corrected chi connectivity index (χ2v) is 4.62. The molecule has 0 aliphatic carbocycles. The highest BCUT2D eigenvalue weighted by Crippen LogP contribution is 2.27. The molecule has 0 fully saturated rings. The summed E-state index contributed by atoms with van der Waals surface area (Å²) < 4.78 is 10.3. The molecule has 1 amide bonds. The van der Waals surface area contributed by atoms with Gasteiger partial charge in [0.15, 0.2) is 11.5 Å². The van der Waals surface area contributed by atoms with Crippen molar-refractivity contribution >= 4 is 23.2 Å². The topological polar surface area (TPSA) is 47.6 Å². The molecule has 21 heavy (non-hydrogen) atoms. The summed E-state index contributed by atoms with van der Waals surface area (Å²) in [6.45, 7) is 0. The standard InChI is InChI=1S/C16H16ClNO3/c1-20-14-8-5-12(9-15(14)21-2)16(19)18-13-6-3-11(10-17)4-7-13/h3-9H,10H2,1-2H3,(H,18,19). The molecule has 0 aliphatic rings. The van der Waals surface area contributed by atoms with Crippen LogP contribution in [0.4, 0.5) is 5.69 Å². The SMILES string of the molecule is COc1ccc(C(=O)Nc2ccc(CCl)cc2)cc1OC. The Balaban J connectivity index is 2.15. The van der Waals surface area contributed by atoms with Crippen LogP contribution in [0.3, 0.4) is 0 Å². The van der Waals surface area contributed by atoms with Gasteiger partial charge in [-0.05, 0) is 35.9 Å². The minimum atomic E-state index is -0.213. The van der Waals surface area contributed by atoms with E-state index in [9.17, 15) is 4.79 Å². The minimum Gasteiger partial charge on any atom is -0.493 e. The van der Waals surface area contributed by atoms with E-state index in [0.29, 0.717) is 28.6 Å². The van der Waals surface area contributed by atoms with Crippen molar-refractivity contribution in [1.29, 1.82) is 0 Å². The van der Waals surface area contributed by atoms with Crippen molar-refractivity contribution in [2.24, 2.45) is 0 Å². The smallest absolute Gasteiger partial charge is 0.255 e. The van der Waals surface area contributed by atoms with Gasteiger partial charge < -0.3 is 14.8 Å². The third-order valence-corrected chi connectivity index (χ3v) is 3.32. The average molecular weight is 306 g/mol. The highest BCUT2D eigenvalue weighted by molar-refractivity contribution is 6.17. The molecule has 0 heterocycles. The molecule has 0 spiro atoms. The first-order chi connectivity index (χ1) is 10.2. The molecule has 0 atom stereocenters. The van der Waals surface area contributed by atoms with Crippen molar-refractivity contribution in [3.63, 3.8) is 0 Å². The van der Waals surface area contributed by atoms with Gasteiger partial charge in [0.2, 0.25) is 0 Å². The number of alkyl halides is 1. The van der Waals surface area contributed by atoms with Gasteiger partial charge in [0.05, 0.1) is 14.2 Å². The Morgan fingerprint density at radius 2 is 1.71 bits per heavy atom. The van der Waals surface area contributed by atoms with Crippen LogP contribution in [0.5, 0.6) is 11.5 Å². The van der Waals surface area contributed by atoms with E-state index < -0.39 is 0 Å². The summed E-state index contributed by atoms with van der Waals surface area (Å²) in [6, 6.07) is 12.4. The number of hydrogen-bond acceptors (Lipinski definition) is 3. The van der Waals surface area contributed by atoms with Gasteiger partial charge in [0, 0.05) is 17.1 Å². The normalized spacial score (nSPS) is 10.0. The van der Waals surface area contributed by atoms with Crippen molar-refractivity contribution in [1.82, 2.24) is 0 Å². The van der Waals surface area contributed by atoms with Gasteiger partial charge in [-0.2, -0.15) is 0 Å². The number of hydrogen-bond donors (Lipinski definition) is 1. The third-order valence-electron chi connectivity index (χ3n) is 3.01. The number of nitrogens with one attached hydrogen (secondary N) is 1. The minimum absolute atomic E-state index is 0.213. The van der Waals surface area contributed by atoms with Gasteiger partial charge >= 0.3 is 0 Å². The van der Waals surface area contributed by atoms with E-state index in [4.69, 9.17) is 21.1 Å². The molecule has 0 aromatic heterocycles. The Hall–Kier alpha value is -2.20. The van der Waals surface area contributed by atoms with Crippen LogP contribution in [0, 0.1) is 0 Å². The third kappa shape index (κ3) is 3.67. The largest absolute Gasteiger partial charge is 0.493 e. The number of methoxy groups -OCH3 is 2. The van der Waals surface area contributed by atoms with Gasteiger partial charge in [-0.15, -0.1) is 11.6 Å². The molecule has 4 nitrogen and oxygen atoms in total. The summed E-state index contributed by atoms with van der Waals surface area (Å²) in [7, 11) is 3.08. The van der Waals surface area contributed by atoms with Crippen LogP contribution < -0.4 is 14.8 Å². The molecular weight excluding hydrogens is 290 g/mol. The number of rotatable bonds is 5. The fourth-order valence-electron chi connectivity index (χ4n) is 1.86. The summed E-state index contributed by atoms with van der Waals surface area (Å²) >= 11 is 5.73. The molecule has 0 radical (unpaired) electrons. The van der Waals surface area contributed by atoms with Crippen LogP contribution in [0.2, 0.25) is 0 Å². The highest BCUT2D eigenvalue weighted by atomic mass is 35.5. The van der Waals surface area contributed by atoms with E-state index in [2.05, 4.69) is 5.32 Å². The first-order valence-electron chi connectivity index (χ1n) is 6.36. The van der Waals surface area contributed by atoms with Crippen LogP contribution in [0.1, 0.15) is 15.9 Å². The van der Waals surface area contributed by atoms with E-state index in [1.807, 2.05) is 24.3 Å². The fraction of sp³-hybridized carbons (Fsp3) is 0.188. The quantitative estimate of drug-likeness (QED) is 0.857. The van der Waals surface area contributed by atoms with Crippen molar-refractivity contribution < 1.29 is 14.3 Å². The molecule has 0 bridgehead atoms. The first-order valence-corrected chi connectivity index (χ1v) is 6.89. The molecule has 0 saturated heterocycles. The van der Waals surface area contributed by atoms with E-state index >= 15 is 0 Å². The number of carbonyl (C=O) groups excluding carboxylic acids is 1. The predicted octanol–water partition coefficient (Wildman–Crippen LogP) is 3.69. The Labute approximate surface area is 128 Å². The molecule has 2 aromatic carbocycles. The highest BCUT2D eigenvalue weighted by Gasteiger charge is 2.10. The fourth-order valence-corrected chi connectivity index (χ4v) is 2.04. The zero-order chi connectivity index (χ0) is 15.2. The molecule has 0 saturated carbocycles. The lowest BCUT2D eigenvalue weighted by Crippen LogP contribution is -2.12. The Morgan fingerprint density at radius 1 is 1.05 bits per heavy atom. The van der Waals surface area contributed by atoms with E-state index in [1.165, 1.54) is 7.11 Å². The number of ether oxygens (including phenoxy) is 2. The molecular formula is C16H16ClNO3. The van der Waals surface area contributed by atoms with Gasteiger partial charge in [-0.25, -0.2) is 0 Å². The lowest BCUT2D eigenvalue weighted by atomic mass is 10.1. The van der Waals surface area contributed by atoms with Crippen molar-refractivity contribution in [3.05, 3.63) is 53.6 Å². The lowest BCUT2D eigenvalue weighted by Gasteiger charge is -2.10. The zero-order valence-corrected chi connectivity index (χ0v) is 12.6.